The molecule has 1 rings (SSSR count). The minimum Gasteiger partial charge on any atom is -0.465 e. The Balaban J connectivity index is 2.88. The molecule has 1 heterocycles. The Morgan fingerprint density at radius 2 is 2.19 bits per heavy atom. The van der Waals surface area contributed by atoms with Gasteiger partial charge in [-0.1, -0.05) is 0 Å². The summed E-state index contributed by atoms with van der Waals surface area (Å²) in [6.45, 7) is 0. The Labute approximate surface area is 96.2 Å². The van der Waals surface area contributed by atoms with E-state index in [0.29, 0.717) is 11.3 Å². The van der Waals surface area contributed by atoms with Crippen LogP contribution in [0.4, 0.5) is 5.69 Å². The smallest absolute Gasteiger partial charge is 0.340 e. The summed E-state index contributed by atoms with van der Waals surface area (Å²) in [6.07, 6.45) is 1.24. The molecule has 1 aromatic rings. The molecule has 1 N–H and O–H groups in total. The van der Waals surface area contributed by atoms with Crippen LogP contribution in [-0.4, -0.2) is 13.1 Å². The third-order valence-electron chi connectivity index (χ3n) is 1.68. The summed E-state index contributed by atoms with van der Waals surface area (Å²) < 4.78 is 4.57. The van der Waals surface area contributed by atoms with Crippen molar-refractivity contribution < 1.29 is 9.53 Å². The SMILES string of the molecule is COC(=O)c1cscc1NC=C(C#N)C#N. The van der Waals surface area contributed by atoms with Gasteiger partial charge in [0.05, 0.1) is 18.4 Å². The van der Waals surface area contributed by atoms with Gasteiger partial charge in [-0.05, 0) is 0 Å². The maximum absolute atomic E-state index is 11.3. The Bertz CT molecular complexity index is 489. The number of nitrogens with one attached hydrogen (secondary N) is 1. The van der Waals surface area contributed by atoms with Crippen LogP contribution in [0.15, 0.2) is 22.5 Å². The number of methoxy groups -OCH3 is 1. The van der Waals surface area contributed by atoms with Crippen molar-refractivity contribution in [3.63, 3.8) is 0 Å². The van der Waals surface area contributed by atoms with Crippen molar-refractivity contribution in [2.75, 3.05) is 12.4 Å². The summed E-state index contributed by atoms with van der Waals surface area (Å²) in [7, 11) is 1.29. The van der Waals surface area contributed by atoms with Gasteiger partial charge < -0.3 is 10.1 Å². The molecule has 0 aliphatic carbocycles. The van der Waals surface area contributed by atoms with Gasteiger partial charge in [-0.2, -0.15) is 10.5 Å². The molecule has 0 amide bonds. The summed E-state index contributed by atoms with van der Waals surface area (Å²) in [5.41, 5.74) is 0.820. The molecule has 0 atom stereocenters. The first kappa shape index (κ1) is 11.8. The number of thiophene rings is 1. The van der Waals surface area contributed by atoms with Gasteiger partial charge in [0, 0.05) is 17.0 Å². The van der Waals surface area contributed by atoms with E-state index in [2.05, 4.69) is 10.1 Å². The number of rotatable bonds is 3. The molecule has 80 valence electrons. The van der Waals surface area contributed by atoms with Crippen LogP contribution in [-0.2, 0) is 4.74 Å². The van der Waals surface area contributed by atoms with Gasteiger partial charge in [-0.15, -0.1) is 11.3 Å². The zero-order valence-electron chi connectivity index (χ0n) is 8.35. The summed E-state index contributed by atoms with van der Waals surface area (Å²) in [5, 5.41) is 23.0. The average molecular weight is 233 g/mol. The van der Waals surface area contributed by atoms with Crippen molar-refractivity contribution in [1.82, 2.24) is 0 Å². The van der Waals surface area contributed by atoms with E-state index < -0.39 is 5.97 Å². The minimum atomic E-state index is -0.465. The predicted octanol–water partition coefficient (Wildman–Crippen LogP) is 1.88. The van der Waals surface area contributed by atoms with Crippen molar-refractivity contribution in [3.8, 4) is 12.1 Å². The number of ether oxygens (including phenoxy) is 1. The number of carbonyl (C=O) groups excluding carboxylic acids is 1. The van der Waals surface area contributed by atoms with E-state index in [-0.39, 0.29) is 5.57 Å². The van der Waals surface area contributed by atoms with Crippen molar-refractivity contribution in [1.29, 1.82) is 10.5 Å². The van der Waals surface area contributed by atoms with Crippen molar-refractivity contribution in [2.45, 2.75) is 0 Å². The largest absolute Gasteiger partial charge is 0.465 e. The summed E-state index contributed by atoms with van der Waals surface area (Å²) >= 11 is 1.32. The molecule has 1 aromatic heterocycles. The van der Waals surface area contributed by atoms with Gasteiger partial charge in [0.1, 0.15) is 17.7 Å². The molecule has 0 fully saturated rings. The first-order valence-electron chi connectivity index (χ1n) is 4.14. The second-order valence-corrected chi connectivity index (χ2v) is 3.36. The summed E-state index contributed by atoms with van der Waals surface area (Å²) in [5.74, 6) is -0.465. The molecule has 0 radical (unpaired) electrons. The quantitative estimate of drug-likeness (QED) is 0.636. The second-order valence-electron chi connectivity index (χ2n) is 2.62. The molecule has 0 saturated carbocycles. The fourth-order valence-electron chi connectivity index (χ4n) is 0.916. The third-order valence-corrected chi connectivity index (χ3v) is 2.42. The number of carbonyl (C=O) groups is 1. The van der Waals surface area contributed by atoms with Gasteiger partial charge in [0.2, 0.25) is 0 Å². The van der Waals surface area contributed by atoms with Crippen LogP contribution < -0.4 is 5.32 Å². The Morgan fingerprint density at radius 3 is 2.75 bits per heavy atom. The van der Waals surface area contributed by atoms with Gasteiger partial charge in [-0.25, -0.2) is 4.79 Å². The van der Waals surface area contributed by atoms with E-state index >= 15 is 0 Å². The lowest BCUT2D eigenvalue weighted by Crippen LogP contribution is -2.02. The number of nitrogens with zero attached hydrogens (tertiary/aromatic N) is 2. The molecule has 5 nitrogen and oxygen atoms in total. The molecule has 16 heavy (non-hydrogen) atoms. The van der Waals surface area contributed by atoms with E-state index in [1.807, 2.05) is 0 Å². The van der Waals surface area contributed by atoms with E-state index in [1.54, 1.807) is 22.9 Å². The number of hydrogen-bond acceptors (Lipinski definition) is 6. The molecular weight excluding hydrogens is 226 g/mol. The molecule has 0 aromatic carbocycles. The molecule has 0 bridgehead atoms. The van der Waals surface area contributed by atoms with E-state index in [4.69, 9.17) is 10.5 Å². The fourth-order valence-corrected chi connectivity index (χ4v) is 1.67. The predicted molar refractivity (Wildman–Crippen MR) is 58.6 cm³/mol. The van der Waals surface area contributed by atoms with Gasteiger partial charge in [0.25, 0.3) is 0 Å². The van der Waals surface area contributed by atoms with Gasteiger partial charge in [0.15, 0.2) is 0 Å². The van der Waals surface area contributed by atoms with Crippen LogP contribution in [0.2, 0.25) is 0 Å². The molecule has 0 aliphatic heterocycles. The standard InChI is InChI=1S/C10H7N3O2S/c1-15-10(14)8-5-16-6-9(8)13-4-7(2-11)3-12/h4-6,13H,1H3. The summed E-state index contributed by atoms with van der Waals surface area (Å²) in [4.78, 5) is 11.3. The Hall–Kier alpha value is -2.31. The molecule has 0 saturated heterocycles. The first-order valence-corrected chi connectivity index (χ1v) is 5.08. The number of anilines is 1. The van der Waals surface area contributed by atoms with Crippen LogP contribution in [0.5, 0.6) is 0 Å². The maximum atomic E-state index is 11.3. The highest BCUT2D eigenvalue weighted by atomic mass is 32.1. The third kappa shape index (κ3) is 2.59. The second kappa shape index (κ2) is 5.54. The van der Waals surface area contributed by atoms with Crippen LogP contribution in [0, 0.1) is 22.7 Å². The number of hydrogen-bond donors (Lipinski definition) is 1. The van der Waals surface area contributed by atoms with E-state index in [9.17, 15) is 4.79 Å². The minimum absolute atomic E-state index is 0.0676. The molecule has 0 aliphatic rings. The molecule has 0 spiro atoms. The number of allylic oxidation sites excluding steroid dienone is 1. The van der Waals surface area contributed by atoms with E-state index in [1.165, 1.54) is 24.6 Å². The highest BCUT2D eigenvalue weighted by Crippen LogP contribution is 2.21. The van der Waals surface area contributed by atoms with Crippen molar-refractivity contribution in [2.24, 2.45) is 0 Å². The molecule has 0 unspecified atom stereocenters. The van der Waals surface area contributed by atoms with Crippen molar-refractivity contribution in [3.05, 3.63) is 28.1 Å². The van der Waals surface area contributed by atoms with Crippen molar-refractivity contribution >= 4 is 23.0 Å². The maximum Gasteiger partial charge on any atom is 0.340 e. The summed E-state index contributed by atoms with van der Waals surface area (Å²) in [6, 6.07) is 3.40. The van der Waals surface area contributed by atoms with E-state index in [0.717, 1.165) is 0 Å². The first-order chi connectivity index (χ1) is 7.72. The van der Waals surface area contributed by atoms with Crippen LogP contribution in [0.1, 0.15) is 10.4 Å². The highest BCUT2D eigenvalue weighted by molar-refractivity contribution is 7.08. The van der Waals surface area contributed by atoms with Gasteiger partial charge >= 0.3 is 5.97 Å². The Morgan fingerprint density at radius 1 is 1.50 bits per heavy atom. The normalized spacial score (nSPS) is 8.44. The van der Waals surface area contributed by atoms with Crippen LogP contribution in [0.3, 0.4) is 0 Å². The van der Waals surface area contributed by atoms with Gasteiger partial charge in [-0.3, -0.25) is 0 Å². The lowest BCUT2D eigenvalue weighted by Gasteiger charge is -2.01. The number of esters is 1. The average Bonchev–Trinajstić information content (AvgIpc) is 2.77. The zero-order chi connectivity index (χ0) is 12.0. The van der Waals surface area contributed by atoms with Crippen LogP contribution >= 0.6 is 11.3 Å². The fraction of sp³-hybridized carbons (Fsp3) is 0.100. The lowest BCUT2D eigenvalue weighted by atomic mass is 10.3. The number of nitriles is 2. The molecule has 6 heteroatoms. The molecular formula is C10H7N3O2S. The topological polar surface area (TPSA) is 85.9 Å². The zero-order valence-corrected chi connectivity index (χ0v) is 9.17. The monoisotopic (exact) mass is 233 g/mol. The lowest BCUT2D eigenvalue weighted by molar-refractivity contribution is 0.0602. The Kier molecular flexibility index (Phi) is 4.07. The van der Waals surface area contributed by atoms with Crippen LogP contribution in [0.25, 0.3) is 0 Å². The highest BCUT2D eigenvalue weighted by Gasteiger charge is 2.11.